The zero-order chi connectivity index (χ0) is 14.5. The van der Waals surface area contributed by atoms with Gasteiger partial charge in [0.15, 0.2) is 0 Å². The fourth-order valence-electron chi connectivity index (χ4n) is 2.61. The number of hydrogen-bond donors (Lipinski definition) is 1. The molecule has 2 rings (SSSR count). The van der Waals surface area contributed by atoms with Crippen LogP contribution in [0.2, 0.25) is 0 Å². The number of halogens is 2. The van der Waals surface area contributed by atoms with Crippen LogP contribution in [0.3, 0.4) is 0 Å². The molecule has 0 saturated heterocycles. The van der Waals surface area contributed by atoms with Gasteiger partial charge in [0.2, 0.25) is 0 Å². The summed E-state index contributed by atoms with van der Waals surface area (Å²) in [5.74, 6) is 0.163. The predicted octanol–water partition coefficient (Wildman–Crippen LogP) is 4.73. The van der Waals surface area contributed by atoms with Crippen molar-refractivity contribution in [2.75, 3.05) is 7.05 Å². The zero-order valence-corrected chi connectivity index (χ0v) is 13.3. The molecule has 0 aliphatic carbocycles. The molecule has 0 radical (unpaired) electrons. The van der Waals surface area contributed by atoms with Crippen LogP contribution in [0.5, 0.6) is 0 Å². The molecule has 3 heteroatoms. The Hall–Kier alpha value is -1.19. The Labute approximate surface area is 128 Å². The van der Waals surface area contributed by atoms with Crippen molar-refractivity contribution >= 4 is 15.9 Å². The van der Waals surface area contributed by atoms with Crippen molar-refractivity contribution in [1.29, 1.82) is 0 Å². The smallest absolute Gasteiger partial charge is 0.137 e. The van der Waals surface area contributed by atoms with Crippen LogP contribution < -0.4 is 5.32 Å². The third kappa shape index (κ3) is 3.47. The Morgan fingerprint density at radius 1 is 1.10 bits per heavy atom. The maximum Gasteiger partial charge on any atom is 0.137 e. The summed E-state index contributed by atoms with van der Waals surface area (Å²) in [5.41, 5.74) is 2.27. The second-order valence-electron chi connectivity index (χ2n) is 5.07. The molecule has 20 heavy (non-hydrogen) atoms. The lowest BCUT2D eigenvalue weighted by Gasteiger charge is -2.24. The van der Waals surface area contributed by atoms with Gasteiger partial charge in [-0.15, -0.1) is 0 Å². The first-order valence-electron chi connectivity index (χ1n) is 6.78. The van der Waals surface area contributed by atoms with Crippen LogP contribution in [-0.4, -0.2) is 7.05 Å². The highest BCUT2D eigenvalue weighted by Crippen LogP contribution is 2.28. The topological polar surface area (TPSA) is 12.0 Å². The van der Waals surface area contributed by atoms with Crippen LogP contribution in [0, 0.1) is 11.7 Å². The average Bonchev–Trinajstić information content (AvgIpc) is 2.46. The van der Waals surface area contributed by atoms with Crippen molar-refractivity contribution in [2.24, 2.45) is 5.92 Å². The number of hydrogen-bond acceptors (Lipinski definition) is 1. The van der Waals surface area contributed by atoms with E-state index in [1.807, 2.05) is 31.3 Å². The van der Waals surface area contributed by atoms with Crippen LogP contribution in [0.4, 0.5) is 4.39 Å². The van der Waals surface area contributed by atoms with Crippen LogP contribution in [-0.2, 0) is 6.42 Å². The van der Waals surface area contributed by atoms with Crippen LogP contribution in [0.1, 0.15) is 24.1 Å². The molecule has 1 N–H and O–H groups in total. The standard InChI is InChI=1S/C17H19BrFN/c1-12(11-14-9-6-10-15(19)16(14)18)17(20-2)13-7-4-3-5-8-13/h3-10,12,17,20H,11H2,1-2H3. The minimum atomic E-state index is -0.199. The number of nitrogens with one attached hydrogen (secondary N) is 1. The first kappa shape index (κ1) is 15.2. The third-order valence-electron chi connectivity index (χ3n) is 3.61. The summed E-state index contributed by atoms with van der Waals surface area (Å²) in [6.45, 7) is 2.19. The normalized spacial score (nSPS) is 14.0. The van der Waals surface area contributed by atoms with Gasteiger partial charge < -0.3 is 5.32 Å². The molecule has 0 heterocycles. The van der Waals surface area contributed by atoms with E-state index in [4.69, 9.17) is 0 Å². The van der Waals surface area contributed by atoms with Gasteiger partial charge in [-0.3, -0.25) is 0 Å². The molecule has 2 atom stereocenters. The summed E-state index contributed by atoms with van der Waals surface area (Å²) in [5, 5.41) is 3.36. The first-order chi connectivity index (χ1) is 9.63. The van der Waals surface area contributed by atoms with Crippen LogP contribution in [0.25, 0.3) is 0 Å². The number of benzene rings is 2. The van der Waals surface area contributed by atoms with Gasteiger partial charge in [-0.25, -0.2) is 4.39 Å². The molecule has 2 aromatic rings. The summed E-state index contributed by atoms with van der Waals surface area (Å²) in [4.78, 5) is 0. The van der Waals surface area contributed by atoms with Crippen LogP contribution in [0.15, 0.2) is 53.0 Å². The molecule has 0 saturated carbocycles. The Kier molecular flexibility index (Phi) is 5.32. The molecule has 0 aliphatic heterocycles. The largest absolute Gasteiger partial charge is 0.313 e. The third-order valence-corrected chi connectivity index (χ3v) is 4.50. The van der Waals surface area contributed by atoms with Crippen molar-refractivity contribution < 1.29 is 4.39 Å². The van der Waals surface area contributed by atoms with Crippen molar-refractivity contribution in [3.8, 4) is 0 Å². The summed E-state index contributed by atoms with van der Waals surface area (Å²) in [7, 11) is 1.97. The molecular weight excluding hydrogens is 317 g/mol. The van der Waals surface area contributed by atoms with Gasteiger partial charge >= 0.3 is 0 Å². The van der Waals surface area contributed by atoms with Gasteiger partial charge in [0.1, 0.15) is 5.82 Å². The number of rotatable bonds is 5. The van der Waals surface area contributed by atoms with E-state index in [1.54, 1.807) is 6.07 Å². The van der Waals surface area contributed by atoms with E-state index in [-0.39, 0.29) is 11.9 Å². The van der Waals surface area contributed by atoms with Crippen molar-refractivity contribution in [2.45, 2.75) is 19.4 Å². The van der Waals surface area contributed by atoms with Crippen molar-refractivity contribution in [3.05, 3.63) is 69.9 Å². The highest BCUT2D eigenvalue weighted by Gasteiger charge is 2.19. The summed E-state index contributed by atoms with van der Waals surface area (Å²) in [6.07, 6.45) is 0.818. The maximum atomic E-state index is 13.6. The van der Waals surface area contributed by atoms with E-state index < -0.39 is 0 Å². The fraction of sp³-hybridized carbons (Fsp3) is 0.294. The van der Waals surface area contributed by atoms with Gasteiger partial charge in [0.05, 0.1) is 4.47 Å². The van der Waals surface area contributed by atoms with Crippen LogP contribution >= 0.6 is 15.9 Å². The zero-order valence-electron chi connectivity index (χ0n) is 11.7. The molecule has 2 unspecified atom stereocenters. The monoisotopic (exact) mass is 335 g/mol. The van der Waals surface area contributed by atoms with Gasteiger partial charge in [-0.1, -0.05) is 49.4 Å². The van der Waals surface area contributed by atoms with E-state index in [2.05, 4.69) is 40.3 Å². The average molecular weight is 336 g/mol. The van der Waals surface area contributed by atoms with Gasteiger partial charge in [-0.05, 0) is 52.5 Å². The van der Waals surface area contributed by atoms with E-state index in [9.17, 15) is 4.39 Å². The second kappa shape index (κ2) is 7.00. The molecular formula is C17H19BrFN. The Bertz CT molecular complexity index is 556. The molecule has 0 spiro atoms. The minimum absolute atomic E-state index is 0.199. The van der Waals surface area contributed by atoms with E-state index in [1.165, 1.54) is 11.6 Å². The molecule has 1 nitrogen and oxygen atoms in total. The molecule has 0 bridgehead atoms. The molecule has 0 fully saturated rings. The predicted molar refractivity (Wildman–Crippen MR) is 85.2 cm³/mol. The first-order valence-corrected chi connectivity index (χ1v) is 7.58. The quantitative estimate of drug-likeness (QED) is 0.832. The SMILES string of the molecule is CNC(c1ccccc1)C(C)Cc1cccc(F)c1Br. The lowest BCUT2D eigenvalue weighted by molar-refractivity contribution is 0.408. The molecule has 106 valence electrons. The fourth-order valence-corrected chi connectivity index (χ4v) is 3.04. The summed E-state index contributed by atoms with van der Waals surface area (Å²) < 4.78 is 14.2. The Balaban J connectivity index is 2.18. The Morgan fingerprint density at radius 3 is 2.45 bits per heavy atom. The van der Waals surface area contributed by atoms with E-state index >= 15 is 0 Å². The van der Waals surface area contributed by atoms with E-state index in [0.29, 0.717) is 10.4 Å². The molecule has 0 aliphatic rings. The van der Waals surface area contributed by atoms with Gasteiger partial charge in [-0.2, -0.15) is 0 Å². The van der Waals surface area contributed by atoms with Gasteiger partial charge in [0.25, 0.3) is 0 Å². The lowest BCUT2D eigenvalue weighted by Crippen LogP contribution is -2.25. The van der Waals surface area contributed by atoms with Crippen molar-refractivity contribution in [3.63, 3.8) is 0 Å². The van der Waals surface area contributed by atoms with E-state index in [0.717, 1.165) is 12.0 Å². The van der Waals surface area contributed by atoms with Gasteiger partial charge in [0, 0.05) is 6.04 Å². The maximum absolute atomic E-state index is 13.6. The lowest BCUT2D eigenvalue weighted by atomic mass is 9.89. The highest BCUT2D eigenvalue weighted by atomic mass is 79.9. The van der Waals surface area contributed by atoms with Crippen molar-refractivity contribution in [1.82, 2.24) is 5.32 Å². The molecule has 2 aromatic carbocycles. The summed E-state index contributed by atoms with van der Waals surface area (Å²) >= 11 is 3.34. The second-order valence-corrected chi connectivity index (χ2v) is 5.86. The Morgan fingerprint density at radius 2 is 1.80 bits per heavy atom. The molecule has 0 aromatic heterocycles. The highest BCUT2D eigenvalue weighted by molar-refractivity contribution is 9.10. The molecule has 0 amide bonds. The minimum Gasteiger partial charge on any atom is -0.313 e. The summed E-state index contributed by atoms with van der Waals surface area (Å²) in [6, 6.07) is 15.8.